The minimum absolute atomic E-state index is 0.322. The van der Waals surface area contributed by atoms with Gasteiger partial charge in [0.25, 0.3) is 10.2 Å². The van der Waals surface area contributed by atoms with Gasteiger partial charge in [-0.3, -0.25) is 9.97 Å². The van der Waals surface area contributed by atoms with Gasteiger partial charge in [-0.05, 0) is 32.6 Å². The fraction of sp³-hybridized carbons (Fsp3) is 0.714. The molecule has 2 aliphatic rings. The molecule has 21 heavy (non-hydrogen) atoms. The Kier molecular flexibility index (Phi) is 4.24. The normalized spacial score (nSPS) is 22.7. The number of hydrogen-bond acceptors (Lipinski definition) is 4. The van der Waals surface area contributed by atoms with Crippen LogP contribution in [0, 0.1) is 6.92 Å². The number of aryl methyl sites for hydroxylation is 1. The second kappa shape index (κ2) is 5.98. The van der Waals surface area contributed by atoms with E-state index in [0.717, 1.165) is 37.1 Å². The average molecular weight is 310 g/mol. The molecule has 0 saturated carbocycles. The average Bonchev–Trinajstić information content (AvgIpc) is 3.02. The van der Waals surface area contributed by atoms with Crippen molar-refractivity contribution in [3.8, 4) is 0 Å². The maximum Gasteiger partial charge on any atom is 0.281 e. The second-order valence-corrected chi connectivity index (χ2v) is 7.80. The lowest BCUT2D eigenvalue weighted by atomic mass is 9.95. The summed E-state index contributed by atoms with van der Waals surface area (Å²) in [5.74, 6) is 0.322. The summed E-state index contributed by atoms with van der Waals surface area (Å²) in [6, 6.07) is 0. The molecule has 1 aromatic rings. The number of rotatable bonds is 3. The Morgan fingerprint density at radius 2 is 1.67 bits per heavy atom. The Morgan fingerprint density at radius 3 is 2.29 bits per heavy atom. The smallest absolute Gasteiger partial charge is 0.261 e. The second-order valence-electron chi connectivity index (χ2n) is 5.87. The van der Waals surface area contributed by atoms with Crippen LogP contribution in [0.15, 0.2) is 12.4 Å². The molecule has 116 valence electrons. The zero-order chi connectivity index (χ0) is 14.9. The number of piperidine rings is 1. The molecule has 0 bridgehead atoms. The maximum atomic E-state index is 12.5. The van der Waals surface area contributed by atoms with Crippen LogP contribution in [0.4, 0.5) is 0 Å². The summed E-state index contributed by atoms with van der Waals surface area (Å²) in [4.78, 5) is 8.71. The molecule has 0 atom stereocenters. The first kappa shape index (κ1) is 14.9. The number of aromatic nitrogens is 2. The van der Waals surface area contributed by atoms with Gasteiger partial charge in [0.05, 0.1) is 11.4 Å². The highest BCUT2D eigenvalue weighted by Crippen LogP contribution is 2.29. The van der Waals surface area contributed by atoms with Gasteiger partial charge in [-0.15, -0.1) is 0 Å². The van der Waals surface area contributed by atoms with Gasteiger partial charge in [-0.1, -0.05) is 0 Å². The molecule has 3 heterocycles. The van der Waals surface area contributed by atoms with Crippen molar-refractivity contribution in [2.75, 3.05) is 26.2 Å². The summed E-state index contributed by atoms with van der Waals surface area (Å²) in [5.41, 5.74) is 1.91. The Balaban J connectivity index is 1.65. The highest BCUT2D eigenvalue weighted by atomic mass is 32.2. The molecule has 6 nitrogen and oxygen atoms in total. The van der Waals surface area contributed by atoms with Gasteiger partial charge in [0.2, 0.25) is 0 Å². The maximum absolute atomic E-state index is 12.5. The Morgan fingerprint density at radius 1 is 1.05 bits per heavy atom. The zero-order valence-electron chi connectivity index (χ0n) is 12.4. The summed E-state index contributed by atoms with van der Waals surface area (Å²) < 4.78 is 28.3. The van der Waals surface area contributed by atoms with Crippen molar-refractivity contribution in [3.05, 3.63) is 23.8 Å². The van der Waals surface area contributed by atoms with Crippen LogP contribution in [-0.2, 0) is 10.2 Å². The fourth-order valence-corrected chi connectivity index (χ4v) is 4.86. The summed E-state index contributed by atoms with van der Waals surface area (Å²) >= 11 is 0. The quantitative estimate of drug-likeness (QED) is 0.844. The van der Waals surface area contributed by atoms with E-state index in [1.54, 1.807) is 14.8 Å². The van der Waals surface area contributed by atoms with Crippen LogP contribution >= 0.6 is 0 Å². The first-order chi connectivity index (χ1) is 10.1. The molecule has 0 radical (unpaired) electrons. The predicted octanol–water partition coefficient (Wildman–Crippen LogP) is 1.31. The summed E-state index contributed by atoms with van der Waals surface area (Å²) in [5, 5.41) is 0. The third kappa shape index (κ3) is 3.09. The topological polar surface area (TPSA) is 66.4 Å². The van der Waals surface area contributed by atoms with E-state index >= 15 is 0 Å². The van der Waals surface area contributed by atoms with Crippen molar-refractivity contribution in [1.29, 1.82) is 0 Å². The largest absolute Gasteiger partial charge is 0.281 e. The lowest BCUT2D eigenvalue weighted by Crippen LogP contribution is -2.45. The van der Waals surface area contributed by atoms with Crippen molar-refractivity contribution in [2.45, 2.75) is 38.5 Å². The van der Waals surface area contributed by atoms with Crippen LogP contribution in [0.3, 0.4) is 0 Å². The van der Waals surface area contributed by atoms with Crippen LogP contribution in [0.1, 0.15) is 43.0 Å². The van der Waals surface area contributed by atoms with Crippen molar-refractivity contribution < 1.29 is 8.42 Å². The zero-order valence-corrected chi connectivity index (χ0v) is 13.2. The van der Waals surface area contributed by atoms with Gasteiger partial charge in [-0.25, -0.2) is 0 Å². The van der Waals surface area contributed by atoms with Crippen molar-refractivity contribution in [1.82, 2.24) is 18.6 Å². The molecule has 7 heteroatoms. The molecule has 2 fully saturated rings. The molecule has 0 aliphatic carbocycles. The van der Waals surface area contributed by atoms with E-state index in [9.17, 15) is 8.42 Å². The third-order valence-corrected chi connectivity index (χ3v) is 6.40. The summed E-state index contributed by atoms with van der Waals surface area (Å²) in [7, 11) is -3.24. The minimum atomic E-state index is -3.24. The minimum Gasteiger partial charge on any atom is -0.261 e. The molecule has 0 aromatic carbocycles. The monoisotopic (exact) mass is 310 g/mol. The molecule has 1 aromatic heterocycles. The Labute approximate surface area is 126 Å². The summed E-state index contributed by atoms with van der Waals surface area (Å²) in [6.07, 6.45) is 7.17. The van der Waals surface area contributed by atoms with E-state index in [-0.39, 0.29) is 0 Å². The van der Waals surface area contributed by atoms with Crippen LogP contribution in [0.5, 0.6) is 0 Å². The van der Waals surface area contributed by atoms with Crippen molar-refractivity contribution >= 4 is 10.2 Å². The number of nitrogens with zero attached hydrogens (tertiary/aromatic N) is 4. The lowest BCUT2D eigenvalue weighted by molar-refractivity contribution is 0.293. The van der Waals surface area contributed by atoms with E-state index in [4.69, 9.17) is 0 Å². The Hall–Kier alpha value is -1.05. The van der Waals surface area contributed by atoms with Gasteiger partial charge >= 0.3 is 0 Å². The van der Waals surface area contributed by atoms with Crippen LogP contribution < -0.4 is 0 Å². The molecule has 0 spiro atoms. The van der Waals surface area contributed by atoms with Gasteiger partial charge in [0, 0.05) is 44.5 Å². The molecule has 2 saturated heterocycles. The lowest BCUT2D eigenvalue weighted by Gasteiger charge is -2.33. The number of hydrogen-bond donors (Lipinski definition) is 0. The van der Waals surface area contributed by atoms with E-state index in [1.807, 2.05) is 13.1 Å². The predicted molar refractivity (Wildman–Crippen MR) is 80.0 cm³/mol. The first-order valence-corrected chi connectivity index (χ1v) is 9.01. The van der Waals surface area contributed by atoms with Crippen molar-refractivity contribution in [3.63, 3.8) is 0 Å². The third-order valence-electron chi connectivity index (χ3n) is 4.36. The fourth-order valence-electron chi connectivity index (χ4n) is 3.14. The van der Waals surface area contributed by atoms with E-state index < -0.39 is 10.2 Å². The van der Waals surface area contributed by atoms with Gasteiger partial charge < -0.3 is 0 Å². The highest BCUT2D eigenvalue weighted by molar-refractivity contribution is 7.86. The standard InChI is InChI=1S/C14H22N4O2S/c1-12-10-15-11-14(16-12)13-4-8-18(9-5-13)21(19,20)17-6-2-3-7-17/h10-11,13H,2-9H2,1H3. The molecule has 0 amide bonds. The van der Waals surface area contributed by atoms with Crippen LogP contribution in [-0.4, -0.2) is 53.2 Å². The molecule has 3 rings (SSSR count). The molecule has 0 N–H and O–H groups in total. The van der Waals surface area contributed by atoms with Gasteiger partial charge in [0.1, 0.15) is 0 Å². The molecule has 0 unspecified atom stereocenters. The van der Waals surface area contributed by atoms with E-state index in [0.29, 0.717) is 32.1 Å². The molecular formula is C14H22N4O2S. The molecule has 2 aliphatic heterocycles. The first-order valence-electron chi connectivity index (χ1n) is 7.61. The van der Waals surface area contributed by atoms with Gasteiger partial charge in [-0.2, -0.15) is 17.0 Å². The summed E-state index contributed by atoms with van der Waals surface area (Å²) in [6.45, 7) is 4.44. The van der Waals surface area contributed by atoms with E-state index in [2.05, 4.69) is 9.97 Å². The van der Waals surface area contributed by atoms with Crippen molar-refractivity contribution in [2.24, 2.45) is 0 Å². The Bertz CT molecular complexity index is 591. The SMILES string of the molecule is Cc1cncc(C2CCN(S(=O)(=O)N3CCCC3)CC2)n1. The van der Waals surface area contributed by atoms with E-state index in [1.165, 1.54) is 0 Å². The van der Waals surface area contributed by atoms with Crippen LogP contribution in [0.25, 0.3) is 0 Å². The molecular weight excluding hydrogens is 288 g/mol. The van der Waals surface area contributed by atoms with Gasteiger partial charge in [0.15, 0.2) is 0 Å². The van der Waals surface area contributed by atoms with Crippen LogP contribution in [0.2, 0.25) is 0 Å². The highest BCUT2D eigenvalue weighted by Gasteiger charge is 2.34.